The summed E-state index contributed by atoms with van der Waals surface area (Å²) in [5.41, 5.74) is 2.11. The highest BCUT2D eigenvalue weighted by molar-refractivity contribution is 5.92. The fourth-order valence-electron chi connectivity index (χ4n) is 3.26. The van der Waals surface area contributed by atoms with Gasteiger partial charge in [0.05, 0.1) is 6.20 Å². The zero-order chi connectivity index (χ0) is 22.2. The van der Waals surface area contributed by atoms with Gasteiger partial charge < -0.3 is 15.6 Å². The first-order valence-electron chi connectivity index (χ1n) is 9.54. The first-order chi connectivity index (χ1) is 14.8. The predicted octanol–water partition coefficient (Wildman–Crippen LogP) is 3.04. The van der Waals surface area contributed by atoms with Gasteiger partial charge in [-0.05, 0) is 26.0 Å². The van der Waals surface area contributed by atoms with Gasteiger partial charge in [0.2, 0.25) is 11.9 Å². The summed E-state index contributed by atoms with van der Waals surface area (Å²) in [4.78, 5) is 33.1. The molecule has 0 aliphatic heterocycles. The molecule has 0 saturated carbocycles. The van der Waals surface area contributed by atoms with E-state index < -0.39 is 24.7 Å². The van der Waals surface area contributed by atoms with Crippen molar-refractivity contribution in [2.45, 2.75) is 26.1 Å². The van der Waals surface area contributed by atoms with Crippen molar-refractivity contribution in [3.05, 3.63) is 30.7 Å². The Morgan fingerprint density at radius 2 is 2.10 bits per heavy atom. The Balaban J connectivity index is 1.78. The van der Waals surface area contributed by atoms with Crippen molar-refractivity contribution in [3.63, 3.8) is 0 Å². The Kier molecular flexibility index (Phi) is 5.21. The lowest BCUT2D eigenvalue weighted by Gasteiger charge is -2.18. The van der Waals surface area contributed by atoms with Crippen molar-refractivity contribution in [2.24, 2.45) is 0 Å². The van der Waals surface area contributed by atoms with Crippen LogP contribution >= 0.6 is 0 Å². The second kappa shape index (κ2) is 7.85. The van der Waals surface area contributed by atoms with Gasteiger partial charge in [-0.3, -0.25) is 9.36 Å². The molecule has 1 atom stereocenters. The molecule has 162 valence electrons. The minimum Gasteiger partial charge on any atom is -0.356 e. The molecule has 3 N–H and O–H groups in total. The van der Waals surface area contributed by atoms with E-state index in [4.69, 9.17) is 0 Å². The van der Waals surface area contributed by atoms with Crippen LogP contribution in [0, 0.1) is 0 Å². The molecular formula is C19H19F3N8O. The Labute approximate surface area is 174 Å². The number of imidazole rings is 1. The summed E-state index contributed by atoms with van der Waals surface area (Å²) < 4.78 is 39.1. The molecule has 31 heavy (non-hydrogen) atoms. The number of nitrogens with one attached hydrogen (secondary N) is 3. The van der Waals surface area contributed by atoms with Gasteiger partial charge in [0.1, 0.15) is 23.8 Å². The first kappa shape index (κ1) is 20.6. The number of H-pyrrole nitrogens is 1. The summed E-state index contributed by atoms with van der Waals surface area (Å²) in [6, 6.07) is 2.67. The van der Waals surface area contributed by atoms with Crippen LogP contribution in [-0.2, 0) is 4.79 Å². The van der Waals surface area contributed by atoms with E-state index >= 15 is 0 Å². The van der Waals surface area contributed by atoms with Gasteiger partial charge in [-0.1, -0.05) is 0 Å². The Hall–Kier alpha value is -3.70. The molecule has 4 rings (SSSR count). The Bertz CT molecular complexity index is 1250. The van der Waals surface area contributed by atoms with Crippen LogP contribution < -0.4 is 10.6 Å². The van der Waals surface area contributed by atoms with E-state index in [0.717, 1.165) is 5.39 Å². The predicted molar refractivity (Wildman–Crippen MR) is 108 cm³/mol. The SMILES string of the molecule is CCNc1nc2cnc(-c3c[nH]c4ncccc34)nc2n1C(C)C(=O)NCC(F)(F)F. The number of amides is 1. The first-order valence-corrected chi connectivity index (χ1v) is 9.54. The normalized spacial score (nSPS) is 12.9. The number of anilines is 1. The van der Waals surface area contributed by atoms with E-state index in [0.29, 0.717) is 40.7 Å². The number of aromatic nitrogens is 6. The van der Waals surface area contributed by atoms with Crippen LogP contribution in [0.2, 0.25) is 0 Å². The average molecular weight is 432 g/mol. The van der Waals surface area contributed by atoms with E-state index in [9.17, 15) is 18.0 Å². The molecule has 1 unspecified atom stereocenters. The molecule has 0 bridgehead atoms. The third kappa shape index (κ3) is 4.00. The maximum absolute atomic E-state index is 12.5. The van der Waals surface area contributed by atoms with Crippen LogP contribution in [0.3, 0.4) is 0 Å². The smallest absolute Gasteiger partial charge is 0.356 e. The van der Waals surface area contributed by atoms with Gasteiger partial charge in [0, 0.05) is 29.9 Å². The molecule has 0 saturated heterocycles. The van der Waals surface area contributed by atoms with E-state index in [1.807, 2.05) is 18.3 Å². The number of hydrogen-bond donors (Lipinski definition) is 3. The number of fused-ring (bicyclic) bond motifs is 2. The molecule has 0 aromatic carbocycles. The lowest BCUT2D eigenvalue weighted by Crippen LogP contribution is -2.38. The molecule has 4 aromatic rings. The van der Waals surface area contributed by atoms with Crippen LogP contribution in [0.5, 0.6) is 0 Å². The van der Waals surface area contributed by atoms with Gasteiger partial charge in [0.25, 0.3) is 0 Å². The second-order valence-corrected chi connectivity index (χ2v) is 6.85. The monoisotopic (exact) mass is 432 g/mol. The number of rotatable bonds is 6. The van der Waals surface area contributed by atoms with Crippen LogP contribution in [0.4, 0.5) is 19.1 Å². The quantitative estimate of drug-likeness (QED) is 0.432. The van der Waals surface area contributed by atoms with Crippen molar-refractivity contribution < 1.29 is 18.0 Å². The molecule has 4 aromatic heterocycles. The standard InChI is InChI=1S/C19H19F3N8O/c1-3-23-18-28-13-8-26-15(12-7-25-14-11(12)5-4-6-24-14)29-16(13)30(18)10(2)17(31)27-9-19(20,21)22/h4-8,10H,3,9H2,1-2H3,(H,23,28)(H,24,25)(H,27,31). The fourth-order valence-corrected chi connectivity index (χ4v) is 3.26. The van der Waals surface area contributed by atoms with Gasteiger partial charge in [0.15, 0.2) is 11.5 Å². The van der Waals surface area contributed by atoms with Gasteiger partial charge >= 0.3 is 6.18 Å². The second-order valence-electron chi connectivity index (χ2n) is 6.85. The zero-order valence-corrected chi connectivity index (χ0v) is 16.7. The largest absolute Gasteiger partial charge is 0.405 e. The minimum absolute atomic E-state index is 0.319. The van der Waals surface area contributed by atoms with Crippen molar-refractivity contribution in [1.82, 2.24) is 34.8 Å². The average Bonchev–Trinajstić information content (AvgIpc) is 3.32. The summed E-state index contributed by atoms with van der Waals surface area (Å²) in [7, 11) is 0. The molecule has 0 spiro atoms. The molecule has 0 aliphatic rings. The third-order valence-corrected chi connectivity index (χ3v) is 4.69. The number of halogens is 3. The van der Waals surface area contributed by atoms with Gasteiger partial charge in [-0.2, -0.15) is 13.2 Å². The fraction of sp³-hybridized carbons (Fsp3) is 0.316. The van der Waals surface area contributed by atoms with Gasteiger partial charge in [-0.25, -0.2) is 19.9 Å². The van der Waals surface area contributed by atoms with Crippen molar-refractivity contribution in [2.75, 3.05) is 18.4 Å². The Morgan fingerprint density at radius 1 is 1.29 bits per heavy atom. The molecular weight excluding hydrogens is 413 g/mol. The number of carbonyl (C=O) groups excluding carboxylic acids is 1. The Morgan fingerprint density at radius 3 is 2.84 bits per heavy atom. The van der Waals surface area contributed by atoms with E-state index in [-0.39, 0.29) is 0 Å². The van der Waals surface area contributed by atoms with Crippen LogP contribution in [0.25, 0.3) is 33.6 Å². The number of nitrogens with zero attached hydrogens (tertiary/aromatic N) is 5. The molecule has 0 aliphatic carbocycles. The van der Waals surface area contributed by atoms with E-state index in [1.54, 1.807) is 18.5 Å². The number of hydrogen-bond acceptors (Lipinski definition) is 6. The topological polar surface area (TPSA) is 113 Å². The van der Waals surface area contributed by atoms with E-state index in [1.165, 1.54) is 17.7 Å². The third-order valence-electron chi connectivity index (χ3n) is 4.69. The number of carbonyl (C=O) groups is 1. The number of pyridine rings is 1. The molecule has 0 radical (unpaired) electrons. The van der Waals surface area contributed by atoms with Crippen LogP contribution in [0.1, 0.15) is 19.9 Å². The minimum atomic E-state index is -4.50. The summed E-state index contributed by atoms with van der Waals surface area (Å²) in [5.74, 6) is -0.106. The van der Waals surface area contributed by atoms with E-state index in [2.05, 4.69) is 30.2 Å². The lowest BCUT2D eigenvalue weighted by molar-refractivity contribution is -0.140. The highest BCUT2D eigenvalue weighted by atomic mass is 19.4. The molecule has 12 heteroatoms. The lowest BCUT2D eigenvalue weighted by atomic mass is 10.2. The summed E-state index contributed by atoms with van der Waals surface area (Å²) >= 11 is 0. The number of alkyl halides is 3. The summed E-state index contributed by atoms with van der Waals surface area (Å²) in [6.45, 7) is 2.41. The zero-order valence-electron chi connectivity index (χ0n) is 16.7. The molecule has 0 fully saturated rings. The van der Waals surface area contributed by atoms with Crippen molar-refractivity contribution in [3.8, 4) is 11.4 Å². The highest BCUT2D eigenvalue weighted by Gasteiger charge is 2.30. The van der Waals surface area contributed by atoms with Crippen molar-refractivity contribution >= 4 is 34.1 Å². The maximum Gasteiger partial charge on any atom is 0.405 e. The highest BCUT2D eigenvalue weighted by Crippen LogP contribution is 2.28. The van der Waals surface area contributed by atoms with Gasteiger partial charge in [-0.15, -0.1) is 0 Å². The molecule has 4 heterocycles. The molecule has 9 nitrogen and oxygen atoms in total. The number of aromatic amines is 1. The van der Waals surface area contributed by atoms with Crippen LogP contribution in [0.15, 0.2) is 30.7 Å². The summed E-state index contributed by atoms with van der Waals surface area (Å²) in [5, 5.41) is 5.75. The summed E-state index contributed by atoms with van der Waals surface area (Å²) in [6.07, 6.45) is 0.399. The molecule has 1 amide bonds. The van der Waals surface area contributed by atoms with Crippen LogP contribution in [-0.4, -0.2) is 54.7 Å². The van der Waals surface area contributed by atoms with Crippen molar-refractivity contribution in [1.29, 1.82) is 0 Å². The maximum atomic E-state index is 12.5.